The number of anilines is 1. The van der Waals surface area contributed by atoms with Crippen LogP contribution in [0.15, 0.2) is 78.9 Å². The molecule has 0 aromatic heterocycles. The second-order valence-corrected chi connectivity index (χ2v) is 6.83. The molecule has 3 aromatic rings. The number of rotatable bonds is 6. The van der Waals surface area contributed by atoms with Gasteiger partial charge in [-0.15, -0.1) is 0 Å². The first kappa shape index (κ1) is 19.4. The lowest BCUT2D eigenvalue weighted by Gasteiger charge is -2.19. The van der Waals surface area contributed by atoms with E-state index in [1.54, 1.807) is 12.1 Å². The number of hydrogen-bond acceptors (Lipinski definition) is 5. The molecule has 6 nitrogen and oxygen atoms in total. The van der Waals surface area contributed by atoms with Crippen LogP contribution in [-0.2, 0) is 14.3 Å². The molecule has 0 saturated carbocycles. The Morgan fingerprint density at radius 1 is 0.933 bits per heavy atom. The lowest BCUT2D eigenvalue weighted by atomic mass is 9.91. The van der Waals surface area contributed by atoms with Gasteiger partial charge in [0.1, 0.15) is 11.7 Å². The third-order valence-electron chi connectivity index (χ3n) is 4.78. The van der Waals surface area contributed by atoms with E-state index < -0.39 is 18.5 Å². The van der Waals surface area contributed by atoms with Crippen LogP contribution in [0.3, 0.4) is 0 Å². The number of carbonyl (C=O) groups excluding carboxylic acids is 3. The minimum Gasteiger partial charge on any atom is -0.482 e. The normalized spacial score (nSPS) is 12.5. The van der Waals surface area contributed by atoms with Crippen LogP contribution in [0.1, 0.15) is 27.4 Å². The second kappa shape index (κ2) is 8.61. The molecule has 1 heterocycles. The van der Waals surface area contributed by atoms with Gasteiger partial charge in [0.2, 0.25) is 0 Å². The maximum Gasteiger partial charge on any atom is 0.318 e. The average molecular weight is 401 g/mol. The molecular formula is C24H19NO5. The fraction of sp³-hybridized carbons (Fsp3) is 0.125. The molecule has 0 saturated heterocycles. The second-order valence-electron chi connectivity index (χ2n) is 6.83. The van der Waals surface area contributed by atoms with Crippen molar-refractivity contribution in [3.63, 3.8) is 0 Å². The van der Waals surface area contributed by atoms with E-state index in [2.05, 4.69) is 5.32 Å². The van der Waals surface area contributed by atoms with Gasteiger partial charge in [-0.05, 0) is 29.3 Å². The Balaban J connectivity index is 1.49. The lowest BCUT2D eigenvalue weighted by Crippen LogP contribution is -2.26. The van der Waals surface area contributed by atoms with Crippen LogP contribution in [-0.4, -0.2) is 30.9 Å². The third-order valence-corrected chi connectivity index (χ3v) is 4.78. The maximum absolute atomic E-state index is 12.9. The van der Waals surface area contributed by atoms with Crippen molar-refractivity contribution >= 4 is 23.3 Å². The highest BCUT2D eigenvalue weighted by Crippen LogP contribution is 2.29. The Hall–Kier alpha value is -3.93. The molecule has 0 fully saturated rings. The van der Waals surface area contributed by atoms with Crippen molar-refractivity contribution in [2.45, 2.75) is 5.92 Å². The van der Waals surface area contributed by atoms with Gasteiger partial charge in [-0.3, -0.25) is 14.4 Å². The van der Waals surface area contributed by atoms with Crippen molar-refractivity contribution < 1.29 is 23.9 Å². The number of Topliss-reactive ketones (excluding diaryl/α,β-unsaturated/α-hetero) is 1. The Morgan fingerprint density at radius 2 is 1.57 bits per heavy atom. The zero-order valence-electron chi connectivity index (χ0n) is 16.0. The number of fused-ring (bicyclic) bond motifs is 1. The van der Waals surface area contributed by atoms with Crippen molar-refractivity contribution in [1.82, 2.24) is 0 Å². The molecule has 1 aliphatic rings. The van der Waals surface area contributed by atoms with E-state index in [0.717, 1.165) is 11.1 Å². The van der Waals surface area contributed by atoms with E-state index >= 15 is 0 Å². The van der Waals surface area contributed by atoms with Gasteiger partial charge in [-0.25, -0.2) is 0 Å². The quantitative estimate of drug-likeness (QED) is 0.504. The molecule has 0 spiro atoms. The number of ketones is 1. The highest BCUT2D eigenvalue weighted by atomic mass is 16.5. The van der Waals surface area contributed by atoms with Crippen LogP contribution in [0.5, 0.6) is 5.75 Å². The van der Waals surface area contributed by atoms with E-state index in [0.29, 0.717) is 17.0 Å². The molecule has 3 aromatic carbocycles. The first-order chi connectivity index (χ1) is 14.6. The van der Waals surface area contributed by atoms with E-state index in [1.807, 2.05) is 60.7 Å². The number of esters is 1. The lowest BCUT2D eigenvalue weighted by molar-refractivity contribution is -0.143. The molecule has 0 radical (unpaired) electrons. The van der Waals surface area contributed by atoms with E-state index in [1.165, 1.54) is 6.07 Å². The van der Waals surface area contributed by atoms with E-state index in [-0.39, 0.29) is 18.3 Å². The number of carbonyl (C=O) groups is 3. The molecule has 1 N–H and O–H groups in total. The van der Waals surface area contributed by atoms with E-state index in [4.69, 9.17) is 9.47 Å². The SMILES string of the molecule is O=C1COc2ccc(C(=O)COC(=O)C(c3ccccc3)c3ccccc3)cc2N1. The standard InChI is InChI=1S/C24H19NO5/c26-20(18-11-12-21-19(13-18)25-22(27)15-29-21)14-30-24(28)23(16-7-3-1-4-8-16)17-9-5-2-6-10-17/h1-13,23H,14-15H2,(H,25,27). The number of hydrogen-bond donors (Lipinski definition) is 1. The minimum absolute atomic E-state index is 0.0573. The maximum atomic E-state index is 12.9. The zero-order valence-corrected chi connectivity index (χ0v) is 16.0. The summed E-state index contributed by atoms with van der Waals surface area (Å²) < 4.78 is 10.7. The Labute approximate surface area is 173 Å². The Bertz CT molecular complexity index is 1040. The smallest absolute Gasteiger partial charge is 0.318 e. The van der Waals surface area contributed by atoms with Crippen LogP contribution in [0, 0.1) is 0 Å². The molecule has 6 heteroatoms. The monoisotopic (exact) mass is 401 g/mol. The molecule has 0 unspecified atom stereocenters. The van der Waals surface area contributed by atoms with Gasteiger partial charge in [0.15, 0.2) is 19.0 Å². The number of benzene rings is 3. The van der Waals surface area contributed by atoms with Gasteiger partial charge < -0.3 is 14.8 Å². The largest absolute Gasteiger partial charge is 0.482 e. The molecule has 4 rings (SSSR count). The number of nitrogens with one attached hydrogen (secondary N) is 1. The van der Waals surface area contributed by atoms with Crippen LogP contribution in [0.25, 0.3) is 0 Å². The summed E-state index contributed by atoms with van der Waals surface area (Å²) >= 11 is 0. The Morgan fingerprint density at radius 3 is 2.20 bits per heavy atom. The summed E-state index contributed by atoms with van der Waals surface area (Å²) in [5.74, 6) is -1.29. The average Bonchev–Trinajstić information content (AvgIpc) is 2.78. The topological polar surface area (TPSA) is 81.7 Å². The summed E-state index contributed by atoms with van der Waals surface area (Å²) in [6.45, 7) is -0.457. The van der Waals surface area contributed by atoms with Gasteiger partial charge in [-0.1, -0.05) is 60.7 Å². The number of amides is 1. The van der Waals surface area contributed by atoms with Gasteiger partial charge in [0.25, 0.3) is 5.91 Å². The summed E-state index contributed by atoms with van der Waals surface area (Å²) in [4.78, 5) is 37.0. The minimum atomic E-state index is -0.628. The van der Waals surface area contributed by atoms with Crippen LogP contribution in [0.2, 0.25) is 0 Å². The van der Waals surface area contributed by atoms with Crippen molar-refractivity contribution in [3.05, 3.63) is 95.6 Å². The van der Waals surface area contributed by atoms with Crippen molar-refractivity contribution in [2.75, 3.05) is 18.5 Å². The predicted octanol–water partition coefficient (Wildman–Crippen LogP) is 3.58. The first-order valence-corrected chi connectivity index (χ1v) is 9.48. The fourth-order valence-corrected chi connectivity index (χ4v) is 3.32. The molecule has 1 aliphatic heterocycles. The summed E-state index contributed by atoms with van der Waals surface area (Å²) in [7, 11) is 0. The van der Waals surface area contributed by atoms with Gasteiger partial charge in [0.05, 0.1) is 5.69 Å². The first-order valence-electron chi connectivity index (χ1n) is 9.48. The van der Waals surface area contributed by atoms with Gasteiger partial charge >= 0.3 is 5.97 Å². The summed E-state index contributed by atoms with van der Waals surface area (Å²) in [6, 6.07) is 23.3. The summed E-state index contributed by atoms with van der Waals surface area (Å²) in [6.07, 6.45) is 0. The summed E-state index contributed by atoms with van der Waals surface area (Å²) in [5.41, 5.74) is 2.32. The number of ether oxygens (including phenoxy) is 2. The Kier molecular flexibility index (Phi) is 5.57. The molecule has 0 atom stereocenters. The molecule has 0 aliphatic carbocycles. The summed E-state index contributed by atoms with van der Waals surface area (Å²) in [5, 5.41) is 2.66. The zero-order chi connectivity index (χ0) is 20.9. The van der Waals surface area contributed by atoms with E-state index in [9.17, 15) is 14.4 Å². The molecule has 0 bridgehead atoms. The molecule has 150 valence electrons. The molecule has 30 heavy (non-hydrogen) atoms. The van der Waals surface area contributed by atoms with Crippen LogP contribution in [0.4, 0.5) is 5.69 Å². The predicted molar refractivity (Wildman–Crippen MR) is 111 cm³/mol. The van der Waals surface area contributed by atoms with Gasteiger partial charge in [0, 0.05) is 5.56 Å². The van der Waals surface area contributed by atoms with Crippen LogP contribution < -0.4 is 10.1 Å². The van der Waals surface area contributed by atoms with Crippen LogP contribution >= 0.6 is 0 Å². The third kappa shape index (κ3) is 4.22. The van der Waals surface area contributed by atoms with Gasteiger partial charge in [-0.2, -0.15) is 0 Å². The van der Waals surface area contributed by atoms with Crippen molar-refractivity contribution in [1.29, 1.82) is 0 Å². The molecular weight excluding hydrogens is 382 g/mol. The highest BCUT2D eigenvalue weighted by Gasteiger charge is 2.25. The molecule has 1 amide bonds. The highest BCUT2D eigenvalue weighted by molar-refractivity contribution is 6.02. The van der Waals surface area contributed by atoms with Crippen molar-refractivity contribution in [2.24, 2.45) is 0 Å². The fourth-order valence-electron chi connectivity index (χ4n) is 3.32. The van der Waals surface area contributed by atoms with Crippen molar-refractivity contribution in [3.8, 4) is 5.75 Å².